The first-order chi connectivity index (χ1) is 5.70. The minimum Gasteiger partial charge on any atom is -0.288 e. The SMILES string of the molecule is [O]C(=O)CN(O)c1ccccc1. The standard InChI is InChI=1S/C8H8NO3/c10-8(11)6-9(12)7-4-2-1-3-5-7/h1-5,12H,6H2. The Kier molecular flexibility index (Phi) is 2.66. The first kappa shape index (κ1) is 8.55. The summed E-state index contributed by atoms with van der Waals surface area (Å²) < 4.78 is 0. The topological polar surface area (TPSA) is 60.4 Å². The highest BCUT2D eigenvalue weighted by atomic mass is 16.5. The Bertz CT molecular complexity index is 260. The van der Waals surface area contributed by atoms with E-state index in [0.717, 1.165) is 0 Å². The van der Waals surface area contributed by atoms with Crippen LogP contribution in [-0.4, -0.2) is 17.7 Å². The number of para-hydroxylation sites is 1. The molecule has 0 bridgehead atoms. The Morgan fingerprint density at radius 1 is 1.33 bits per heavy atom. The van der Waals surface area contributed by atoms with Gasteiger partial charge in [0.15, 0.2) is 0 Å². The second-order valence-corrected chi connectivity index (χ2v) is 2.27. The van der Waals surface area contributed by atoms with Gasteiger partial charge in [0.25, 0.3) is 0 Å². The predicted octanol–water partition coefficient (Wildman–Crippen LogP) is 0.839. The molecule has 0 saturated heterocycles. The molecule has 0 atom stereocenters. The summed E-state index contributed by atoms with van der Waals surface area (Å²) in [6.45, 7) is -0.524. The van der Waals surface area contributed by atoms with Crippen molar-refractivity contribution in [2.24, 2.45) is 0 Å². The summed E-state index contributed by atoms with van der Waals surface area (Å²) in [7, 11) is 0. The Hall–Kier alpha value is -1.55. The first-order valence-electron chi connectivity index (χ1n) is 3.41. The van der Waals surface area contributed by atoms with Gasteiger partial charge in [0, 0.05) is 0 Å². The van der Waals surface area contributed by atoms with Gasteiger partial charge in [-0.25, -0.2) is 15.0 Å². The molecule has 0 heterocycles. The number of anilines is 1. The van der Waals surface area contributed by atoms with Crippen LogP contribution in [0.1, 0.15) is 0 Å². The molecule has 1 aromatic rings. The van der Waals surface area contributed by atoms with Crippen molar-refractivity contribution in [2.75, 3.05) is 11.6 Å². The van der Waals surface area contributed by atoms with E-state index in [-0.39, 0.29) is 0 Å². The molecule has 1 rings (SSSR count). The third-order valence-corrected chi connectivity index (χ3v) is 1.33. The van der Waals surface area contributed by atoms with E-state index >= 15 is 0 Å². The number of rotatable bonds is 3. The summed E-state index contributed by atoms with van der Waals surface area (Å²) >= 11 is 0. The molecular formula is C8H8NO3. The molecule has 12 heavy (non-hydrogen) atoms. The number of benzene rings is 1. The van der Waals surface area contributed by atoms with E-state index in [1.165, 1.54) is 0 Å². The van der Waals surface area contributed by atoms with Gasteiger partial charge in [0.05, 0.1) is 5.69 Å². The molecule has 1 radical (unpaired) electrons. The molecule has 0 aliphatic rings. The third-order valence-electron chi connectivity index (χ3n) is 1.33. The summed E-state index contributed by atoms with van der Waals surface area (Å²) in [6, 6.07) is 8.38. The molecule has 1 N–H and O–H groups in total. The molecule has 0 saturated carbocycles. The van der Waals surface area contributed by atoms with Crippen LogP contribution in [0.3, 0.4) is 0 Å². The lowest BCUT2D eigenvalue weighted by Crippen LogP contribution is -2.24. The van der Waals surface area contributed by atoms with E-state index < -0.39 is 12.5 Å². The Balaban J connectivity index is 2.65. The molecule has 4 heteroatoms. The number of nitrogens with zero attached hydrogens (tertiary/aromatic N) is 1. The van der Waals surface area contributed by atoms with E-state index in [0.29, 0.717) is 10.8 Å². The van der Waals surface area contributed by atoms with Crippen LogP contribution in [-0.2, 0) is 9.90 Å². The van der Waals surface area contributed by atoms with Crippen molar-refractivity contribution in [1.82, 2.24) is 0 Å². The van der Waals surface area contributed by atoms with Gasteiger partial charge in [0.2, 0.25) is 0 Å². The lowest BCUT2D eigenvalue weighted by molar-refractivity contribution is -0.142. The van der Waals surface area contributed by atoms with Crippen molar-refractivity contribution in [2.45, 2.75) is 0 Å². The maximum atomic E-state index is 10.1. The summed E-state index contributed by atoms with van der Waals surface area (Å²) in [5.74, 6) is -1.32. The zero-order chi connectivity index (χ0) is 8.97. The molecule has 63 valence electrons. The van der Waals surface area contributed by atoms with Crippen molar-refractivity contribution in [1.29, 1.82) is 0 Å². The number of hydrogen-bond acceptors (Lipinski definition) is 3. The molecule has 0 aliphatic carbocycles. The van der Waals surface area contributed by atoms with Crippen LogP contribution in [0.2, 0.25) is 0 Å². The summed E-state index contributed by atoms with van der Waals surface area (Å²) in [5.41, 5.74) is 0.432. The third kappa shape index (κ3) is 2.25. The molecule has 0 aliphatic heterocycles. The van der Waals surface area contributed by atoms with Gasteiger partial charge in [0.1, 0.15) is 6.54 Å². The summed E-state index contributed by atoms with van der Waals surface area (Å²) in [5, 5.41) is 19.8. The molecule has 1 aromatic carbocycles. The zero-order valence-electron chi connectivity index (χ0n) is 6.30. The van der Waals surface area contributed by atoms with Crippen molar-refractivity contribution in [3.63, 3.8) is 0 Å². The fraction of sp³-hybridized carbons (Fsp3) is 0.125. The Morgan fingerprint density at radius 3 is 2.42 bits per heavy atom. The summed E-state index contributed by atoms with van der Waals surface area (Å²) in [6.07, 6.45) is 0. The minimum absolute atomic E-state index is 0.432. The zero-order valence-corrected chi connectivity index (χ0v) is 6.30. The van der Waals surface area contributed by atoms with Gasteiger partial charge in [-0.1, -0.05) is 18.2 Å². The number of carbonyl (C=O) groups excluding carboxylic acids is 1. The fourth-order valence-electron chi connectivity index (χ4n) is 0.814. The highest BCUT2D eigenvalue weighted by molar-refractivity contribution is 5.72. The van der Waals surface area contributed by atoms with Gasteiger partial charge in [-0.3, -0.25) is 5.21 Å². The maximum absolute atomic E-state index is 10.1. The van der Waals surface area contributed by atoms with Gasteiger partial charge in [-0.05, 0) is 12.1 Å². The minimum atomic E-state index is -1.32. The molecule has 0 amide bonds. The van der Waals surface area contributed by atoms with Crippen LogP contribution in [0.15, 0.2) is 30.3 Å². The average molecular weight is 166 g/mol. The normalized spacial score (nSPS) is 9.42. The van der Waals surface area contributed by atoms with E-state index in [2.05, 4.69) is 0 Å². The molecule has 0 unspecified atom stereocenters. The molecule has 4 nitrogen and oxygen atoms in total. The van der Waals surface area contributed by atoms with Crippen molar-refractivity contribution in [3.8, 4) is 0 Å². The highest BCUT2D eigenvalue weighted by Crippen LogP contribution is 2.09. The monoisotopic (exact) mass is 166 g/mol. The molecule has 0 aromatic heterocycles. The van der Waals surface area contributed by atoms with Gasteiger partial charge in [-0.2, -0.15) is 0 Å². The van der Waals surface area contributed by atoms with Crippen LogP contribution in [0, 0.1) is 0 Å². The fourth-order valence-corrected chi connectivity index (χ4v) is 0.814. The maximum Gasteiger partial charge on any atom is 0.377 e. The van der Waals surface area contributed by atoms with Crippen LogP contribution < -0.4 is 5.06 Å². The van der Waals surface area contributed by atoms with Crippen LogP contribution in [0.5, 0.6) is 0 Å². The number of hydroxylamine groups is 1. The predicted molar refractivity (Wildman–Crippen MR) is 41.3 cm³/mol. The molecule has 0 fully saturated rings. The number of hydrogen-bond donors (Lipinski definition) is 1. The van der Waals surface area contributed by atoms with Gasteiger partial charge >= 0.3 is 5.97 Å². The largest absolute Gasteiger partial charge is 0.377 e. The summed E-state index contributed by atoms with van der Waals surface area (Å²) in [4.78, 5) is 10.1. The van der Waals surface area contributed by atoms with E-state index in [1.807, 2.05) is 0 Å². The average Bonchev–Trinajstić information content (AvgIpc) is 2.05. The Morgan fingerprint density at radius 2 is 1.92 bits per heavy atom. The van der Waals surface area contributed by atoms with Gasteiger partial charge < -0.3 is 0 Å². The van der Waals surface area contributed by atoms with Crippen LogP contribution in [0.4, 0.5) is 5.69 Å². The molecule has 0 spiro atoms. The number of carbonyl (C=O) groups is 1. The molecular weight excluding hydrogens is 158 g/mol. The van der Waals surface area contributed by atoms with Crippen LogP contribution >= 0.6 is 0 Å². The van der Waals surface area contributed by atoms with Crippen molar-refractivity contribution >= 4 is 11.7 Å². The lowest BCUT2D eigenvalue weighted by atomic mass is 10.3. The van der Waals surface area contributed by atoms with Crippen LogP contribution in [0.25, 0.3) is 0 Å². The Labute approximate surface area is 69.6 Å². The van der Waals surface area contributed by atoms with Crippen molar-refractivity contribution < 1.29 is 15.1 Å². The lowest BCUT2D eigenvalue weighted by Gasteiger charge is -2.12. The van der Waals surface area contributed by atoms with Crippen molar-refractivity contribution in [3.05, 3.63) is 30.3 Å². The first-order valence-corrected chi connectivity index (χ1v) is 3.41. The van der Waals surface area contributed by atoms with E-state index in [4.69, 9.17) is 5.21 Å². The van der Waals surface area contributed by atoms with Gasteiger partial charge in [-0.15, -0.1) is 0 Å². The second-order valence-electron chi connectivity index (χ2n) is 2.27. The quantitative estimate of drug-likeness (QED) is 0.677. The smallest absolute Gasteiger partial charge is 0.288 e. The second kappa shape index (κ2) is 3.73. The van der Waals surface area contributed by atoms with E-state index in [1.54, 1.807) is 30.3 Å². The highest BCUT2D eigenvalue weighted by Gasteiger charge is 2.07. The van der Waals surface area contributed by atoms with E-state index in [9.17, 15) is 9.90 Å².